The van der Waals surface area contributed by atoms with Crippen molar-refractivity contribution < 1.29 is 13.6 Å². The molecule has 0 saturated carbocycles. The molecule has 0 unspecified atom stereocenters. The maximum atomic E-state index is 13.6. The van der Waals surface area contributed by atoms with E-state index in [2.05, 4.69) is 15.6 Å². The summed E-state index contributed by atoms with van der Waals surface area (Å²) in [4.78, 5) is 16.3. The van der Waals surface area contributed by atoms with Gasteiger partial charge < -0.3 is 10.6 Å². The van der Waals surface area contributed by atoms with E-state index < -0.39 is 17.5 Å². The average molecular weight is 339 g/mol. The number of anilines is 3. The van der Waals surface area contributed by atoms with Crippen molar-refractivity contribution in [2.45, 2.75) is 6.92 Å². The Balaban J connectivity index is 1.77. The first-order valence-electron chi connectivity index (χ1n) is 7.56. The standard InChI is InChI=1S/C19H15F2N3O/c1-12-3-2-4-15(7-12)23-16-8-13(10-22-11-16)19(25)24-18-6-5-14(20)9-17(18)21/h2-11,23H,1H3,(H,24,25). The van der Waals surface area contributed by atoms with Crippen molar-refractivity contribution >= 4 is 23.0 Å². The molecule has 0 saturated heterocycles. The molecule has 0 spiro atoms. The summed E-state index contributed by atoms with van der Waals surface area (Å²) in [6.45, 7) is 1.98. The highest BCUT2D eigenvalue weighted by atomic mass is 19.1. The predicted molar refractivity (Wildman–Crippen MR) is 93.0 cm³/mol. The Morgan fingerprint density at radius 3 is 2.60 bits per heavy atom. The topological polar surface area (TPSA) is 54.0 Å². The molecule has 3 aromatic rings. The second-order valence-electron chi connectivity index (χ2n) is 5.54. The van der Waals surface area contributed by atoms with Crippen molar-refractivity contribution in [3.05, 3.63) is 83.7 Å². The maximum Gasteiger partial charge on any atom is 0.257 e. The Bertz CT molecular complexity index is 928. The lowest BCUT2D eigenvalue weighted by atomic mass is 10.2. The van der Waals surface area contributed by atoms with Gasteiger partial charge in [0.25, 0.3) is 5.91 Å². The molecule has 126 valence electrons. The largest absolute Gasteiger partial charge is 0.354 e. The number of halogens is 2. The Labute approximate surface area is 143 Å². The number of pyridine rings is 1. The number of carbonyl (C=O) groups excluding carboxylic acids is 1. The van der Waals surface area contributed by atoms with Crippen LogP contribution in [0.25, 0.3) is 0 Å². The number of hydrogen-bond donors (Lipinski definition) is 2. The van der Waals surface area contributed by atoms with Crippen LogP contribution in [-0.4, -0.2) is 10.9 Å². The zero-order valence-electron chi connectivity index (χ0n) is 13.4. The summed E-state index contributed by atoms with van der Waals surface area (Å²) in [5.41, 5.74) is 2.74. The summed E-state index contributed by atoms with van der Waals surface area (Å²) in [5.74, 6) is -2.08. The number of amides is 1. The number of aryl methyl sites for hydroxylation is 1. The minimum atomic E-state index is -0.838. The molecule has 0 aliphatic carbocycles. The number of aromatic nitrogens is 1. The molecule has 1 heterocycles. The van der Waals surface area contributed by atoms with Gasteiger partial charge in [-0.05, 0) is 42.8 Å². The van der Waals surface area contributed by atoms with Crippen LogP contribution in [0.5, 0.6) is 0 Å². The van der Waals surface area contributed by atoms with Gasteiger partial charge in [0.15, 0.2) is 0 Å². The Morgan fingerprint density at radius 2 is 1.84 bits per heavy atom. The third kappa shape index (κ3) is 4.17. The SMILES string of the molecule is Cc1cccc(Nc2cncc(C(=O)Nc3ccc(F)cc3F)c2)c1. The van der Waals surface area contributed by atoms with E-state index in [0.29, 0.717) is 11.8 Å². The first kappa shape index (κ1) is 16.6. The van der Waals surface area contributed by atoms with Crippen molar-refractivity contribution in [2.24, 2.45) is 0 Å². The number of hydrogen-bond acceptors (Lipinski definition) is 3. The first-order valence-corrected chi connectivity index (χ1v) is 7.56. The van der Waals surface area contributed by atoms with Gasteiger partial charge >= 0.3 is 0 Å². The molecule has 4 nitrogen and oxygen atoms in total. The Morgan fingerprint density at radius 1 is 1.00 bits per heavy atom. The fraction of sp³-hybridized carbons (Fsp3) is 0.0526. The van der Waals surface area contributed by atoms with Gasteiger partial charge in [-0.1, -0.05) is 12.1 Å². The van der Waals surface area contributed by atoms with Crippen LogP contribution in [0.15, 0.2) is 60.9 Å². The molecular weight excluding hydrogens is 324 g/mol. The van der Waals surface area contributed by atoms with Crippen molar-refractivity contribution in [1.29, 1.82) is 0 Å². The average Bonchev–Trinajstić information content (AvgIpc) is 2.57. The number of carbonyl (C=O) groups is 1. The molecule has 2 N–H and O–H groups in total. The highest BCUT2D eigenvalue weighted by Crippen LogP contribution is 2.19. The van der Waals surface area contributed by atoms with Gasteiger partial charge in [-0.25, -0.2) is 8.78 Å². The normalized spacial score (nSPS) is 10.4. The van der Waals surface area contributed by atoms with Crippen LogP contribution in [0.4, 0.5) is 25.8 Å². The Kier molecular flexibility index (Phi) is 4.70. The predicted octanol–water partition coefficient (Wildman–Crippen LogP) is 4.66. The molecule has 1 aromatic heterocycles. The van der Waals surface area contributed by atoms with Gasteiger partial charge in [-0.3, -0.25) is 9.78 Å². The maximum absolute atomic E-state index is 13.6. The summed E-state index contributed by atoms with van der Waals surface area (Å²) >= 11 is 0. The third-order valence-corrected chi connectivity index (χ3v) is 3.49. The number of rotatable bonds is 4. The highest BCUT2D eigenvalue weighted by Gasteiger charge is 2.11. The molecule has 0 fully saturated rings. The fourth-order valence-corrected chi connectivity index (χ4v) is 2.31. The highest BCUT2D eigenvalue weighted by molar-refractivity contribution is 6.04. The van der Waals surface area contributed by atoms with E-state index in [0.717, 1.165) is 17.3 Å². The number of nitrogens with zero attached hydrogens (tertiary/aromatic N) is 1. The van der Waals surface area contributed by atoms with Crippen LogP contribution in [0.2, 0.25) is 0 Å². The van der Waals surface area contributed by atoms with Crippen LogP contribution in [-0.2, 0) is 0 Å². The van der Waals surface area contributed by atoms with Gasteiger partial charge in [0.2, 0.25) is 0 Å². The monoisotopic (exact) mass is 339 g/mol. The minimum absolute atomic E-state index is 0.0940. The molecule has 0 radical (unpaired) electrons. The van der Waals surface area contributed by atoms with Gasteiger partial charge in [0.1, 0.15) is 11.6 Å². The lowest BCUT2D eigenvalue weighted by molar-refractivity contribution is 0.102. The van der Waals surface area contributed by atoms with Gasteiger partial charge in [0.05, 0.1) is 23.1 Å². The van der Waals surface area contributed by atoms with Crippen LogP contribution in [0.1, 0.15) is 15.9 Å². The van der Waals surface area contributed by atoms with Crippen molar-refractivity contribution in [1.82, 2.24) is 4.98 Å². The van der Waals surface area contributed by atoms with Crippen molar-refractivity contribution in [3.63, 3.8) is 0 Å². The van der Waals surface area contributed by atoms with E-state index in [4.69, 9.17) is 0 Å². The quantitative estimate of drug-likeness (QED) is 0.727. The first-order chi connectivity index (χ1) is 12.0. The smallest absolute Gasteiger partial charge is 0.257 e. The van der Waals surface area contributed by atoms with E-state index in [-0.39, 0.29) is 11.3 Å². The molecule has 0 aliphatic rings. The van der Waals surface area contributed by atoms with E-state index in [1.165, 1.54) is 12.3 Å². The van der Waals surface area contributed by atoms with Crippen LogP contribution in [0, 0.1) is 18.6 Å². The van der Waals surface area contributed by atoms with Crippen molar-refractivity contribution in [2.75, 3.05) is 10.6 Å². The Hall–Kier alpha value is -3.28. The van der Waals surface area contributed by atoms with Crippen LogP contribution >= 0.6 is 0 Å². The third-order valence-electron chi connectivity index (χ3n) is 3.49. The molecule has 0 atom stereocenters. The van der Waals surface area contributed by atoms with Gasteiger partial charge in [-0.15, -0.1) is 0 Å². The lowest BCUT2D eigenvalue weighted by Gasteiger charge is -2.09. The van der Waals surface area contributed by atoms with E-state index in [1.807, 2.05) is 31.2 Å². The lowest BCUT2D eigenvalue weighted by Crippen LogP contribution is -2.13. The molecule has 6 heteroatoms. The van der Waals surface area contributed by atoms with Gasteiger partial charge in [0, 0.05) is 18.0 Å². The molecular formula is C19H15F2N3O. The van der Waals surface area contributed by atoms with E-state index >= 15 is 0 Å². The van der Waals surface area contributed by atoms with Crippen LogP contribution in [0.3, 0.4) is 0 Å². The summed E-state index contributed by atoms with van der Waals surface area (Å²) in [7, 11) is 0. The number of benzene rings is 2. The minimum Gasteiger partial charge on any atom is -0.354 e. The van der Waals surface area contributed by atoms with Gasteiger partial charge in [-0.2, -0.15) is 0 Å². The van der Waals surface area contributed by atoms with E-state index in [1.54, 1.807) is 12.3 Å². The zero-order valence-corrected chi connectivity index (χ0v) is 13.4. The molecule has 25 heavy (non-hydrogen) atoms. The van der Waals surface area contributed by atoms with E-state index in [9.17, 15) is 13.6 Å². The summed E-state index contributed by atoms with van der Waals surface area (Å²) in [5, 5.41) is 5.56. The second-order valence-corrected chi connectivity index (χ2v) is 5.54. The van der Waals surface area contributed by atoms with Crippen LogP contribution < -0.4 is 10.6 Å². The fourth-order valence-electron chi connectivity index (χ4n) is 2.31. The van der Waals surface area contributed by atoms with Crippen molar-refractivity contribution in [3.8, 4) is 0 Å². The zero-order chi connectivity index (χ0) is 17.8. The molecule has 0 bridgehead atoms. The summed E-state index contributed by atoms with van der Waals surface area (Å²) < 4.78 is 26.6. The molecule has 3 rings (SSSR count). The molecule has 0 aliphatic heterocycles. The molecule has 1 amide bonds. The number of nitrogens with one attached hydrogen (secondary N) is 2. The summed E-state index contributed by atoms with van der Waals surface area (Å²) in [6.07, 6.45) is 2.95. The molecule has 2 aromatic carbocycles. The second kappa shape index (κ2) is 7.09. The summed E-state index contributed by atoms with van der Waals surface area (Å²) in [6, 6.07) is 12.3.